The Labute approximate surface area is 373 Å². The minimum atomic E-state index is 0.0217. The van der Waals surface area contributed by atoms with E-state index in [0.29, 0.717) is 12.9 Å². The van der Waals surface area contributed by atoms with Crippen LogP contribution in [0, 0.1) is 11.8 Å². The molecule has 0 rings (SSSR count). The average molecular weight is 841 g/mol. The molecule has 0 fully saturated rings. The smallest absolute Gasteiger partial charge is 0.306 e. The molecule has 0 aliphatic heterocycles. The van der Waals surface area contributed by atoms with Gasteiger partial charge in [0.05, 0.1) is 0 Å². The van der Waals surface area contributed by atoms with Gasteiger partial charge in [0, 0.05) is 6.42 Å². The van der Waals surface area contributed by atoms with Crippen LogP contribution in [0.15, 0.2) is 0 Å². The molecule has 358 valence electrons. The van der Waals surface area contributed by atoms with Gasteiger partial charge < -0.3 is 14.8 Å². The second kappa shape index (κ2) is 59.0. The van der Waals surface area contributed by atoms with Gasteiger partial charge in [0.1, 0.15) is 12.2 Å². The zero-order valence-electron chi connectivity index (χ0n) is 42.7. The number of esters is 1. The van der Waals surface area contributed by atoms with Crippen molar-refractivity contribution >= 4 is 12.4 Å². The van der Waals surface area contributed by atoms with Crippen molar-refractivity contribution in [3.05, 3.63) is 0 Å². The summed E-state index contributed by atoms with van der Waals surface area (Å²) in [5, 5.41) is 3.57. The molecule has 0 heterocycles. The highest BCUT2D eigenvalue weighted by atomic mass is 16.5. The van der Waals surface area contributed by atoms with Crippen LogP contribution in [0.2, 0.25) is 0 Å². The molecule has 0 aromatic rings. The Balaban J connectivity index is -0.000000445. The van der Waals surface area contributed by atoms with Crippen molar-refractivity contribution in [3.8, 4) is 0 Å². The summed E-state index contributed by atoms with van der Waals surface area (Å²) in [6.45, 7) is 27.3. The Hall–Kier alpha value is -1.10. The van der Waals surface area contributed by atoms with Crippen LogP contribution in [0.25, 0.3) is 0 Å². The van der Waals surface area contributed by atoms with E-state index >= 15 is 0 Å². The Morgan fingerprint density at radius 2 is 0.746 bits per heavy atom. The summed E-state index contributed by atoms with van der Waals surface area (Å²) in [6.07, 6.45) is 43.9. The lowest BCUT2D eigenvalue weighted by Crippen LogP contribution is -2.17. The van der Waals surface area contributed by atoms with Crippen molar-refractivity contribution in [2.24, 2.45) is 11.8 Å². The van der Waals surface area contributed by atoms with E-state index in [9.17, 15) is 9.59 Å². The first-order chi connectivity index (χ1) is 28.6. The number of carbonyl (C=O) groups is 2. The fourth-order valence-electron chi connectivity index (χ4n) is 6.61. The van der Waals surface area contributed by atoms with Gasteiger partial charge in [-0.25, -0.2) is 0 Å². The number of rotatable bonds is 41. The lowest BCUT2D eigenvalue weighted by atomic mass is 10.0. The van der Waals surface area contributed by atoms with Crippen molar-refractivity contribution in [2.45, 2.75) is 313 Å². The van der Waals surface area contributed by atoms with Crippen LogP contribution in [-0.2, 0) is 19.1 Å². The van der Waals surface area contributed by atoms with Gasteiger partial charge in [-0.3, -0.25) is 9.59 Å². The molecule has 0 aliphatic carbocycles. The molecule has 0 amide bonds. The molecule has 0 saturated carbocycles. The molecule has 1 atom stereocenters. The normalized spacial score (nSPS) is 11.4. The molecule has 1 unspecified atom stereocenters. The number of unbranched alkanes of at least 4 members (excludes halogenated alkanes) is 24. The molecule has 0 aromatic heterocycles. The molecule has 0 radical (unpaired) electrons. The molecular weight excluding hydrogens is 727 g/mol. The monoisotopic (exact) mass is 840 g/mol. The Morgan fingerprint density at radius 3 is 1.07 bits per heavy atom. The summed E-state index contributed by atoms with van der Waals surface area (Å²) in [4.78, 5) is 22.6. The number of ether oxygens (including phenoxy) is 2. The maximum atomic E-state index is 12.1. The van der Waals surface area contributed by atoms with Gasteiger partial charge >= 0.3 is 5.97 Å². The standard InChI is InChI=1S/C27H55NO2.C18H36O2.C6H14.C3H8/c1-4-7-9-11-14-18-22-26(6-3)30-27(29)23-19-15-13-17-21-25-28-24-20-16-12-10-8-5-2;1-3-5-7-9-11-13-15-18(20-17-19)16-14-12-10-8-6-4-2;1-5(2)6(3)4;1-3-2/h26,28H,4-25H2,1-3H3;17-18H,3-16H2,1-2H3;5-6H,1-4H3;3H2,1-2H3. The van der Waals surface area contributed by atoms with Gasteiger partial charge in [0.25, 0.3) is 6.47 Å². The van der Waals surface area contributed by atoms with E-state index in [1.807, 2.05) is 0 Å². The summed E-state index contributed by atoms with van der Waals surface area (Å²) in [5.74, 6) is 1.73. The van der Waals surface area contributed by atoms with Crippen LogP contribution < -0.4 is 5.32 Å². The van der Waals surface area contributed by atoms with Crippen LogP contribution in [0.4, 0.5) is 0 Å². The highest BCUT2D eigenvalue weighted by molar-refractivity contribution is 5.69. The quantitative estimate of drug-likeness (QED) is 0.0377. The molecule has 5 heteroatoms. The largest absolute Gasteiger partial charge is 0.465 e. The third kappa shape index (κ3) is 63.7. The van der Waals surface area contributed by atoms with Gasteiger partial charge in [-0.05, 0) is 89.1 Å². The van der Waals surface area contributed by atoms with E-state index in [2.05, 4.69) is 81.5 Å². The first kappa shape index (κ1) is 64.5. The maximum absolute atomic E-state index is 12.1. The first-order valence-electron chi connectivity index (χ1n) is 26.6. The highest BCUT2D eigenvalue weighted by Crippen LogP contribution is 2.17. The van der Waals surface area contributed by atoms with Gasteiger partial charge in [0.2, 0.25) is 0 Å². The third-order valence-corrected chi connectivity index (χ3v) is 11.4. The zero-order chi connectivity index (χ0) is 44.9. The van der Waals surface area contributed by atoms with E-state index < -0.39 is 0 Å². The molecule has 0 aromatic carbocycles. The third-order valence-electron chi connectivity index (χ3n) is 11.4. The van der Waals surface area contributed by atoms with Crippen molar-refractivity contribution in [1.29, 1.82) is 0 Å². The Morgan fingerprint density at radius 1 is 0.441 bits per heavy atom. The lowest BCUT2D eigenvalue weighted by Gasteiger charge is -2.16. The average Bonchev–Trinajstić information content (AvgIpc) is 3.22. The van der Waals surface area contributed by atoms with E-state index in [0.717, 1.165) is 56.9 Å². The van der Waals surface area contributed by atoms with Crippen LogP contribution >= 0.6 is 0 Å². The molecular formula is C54H113NO4. The van der Waals surface area contributed by atoms with Crippen LogP contribution in [0.1, 0.15) is 301 Å². The Kier molecular flexibility index (Phi) is 64.5. The number of hydrogen-bond acceptors (Lipinski definition) is 5. The second-order valence-electron chi connectivity index (χ2n) is 18.3. The van der Waals surface area contributed by atoms with E-state index in [1.165, 1.54) is 186 Å². The fourth-order valence-corrected chi connectivity index (χ4v) is 6.61. The van der Waals surface area contributed by atoms with E-state index in [1.54, 1.807) is 0 Å². The molecule has 1 N–H and O–H groups in total. The number of carbonyl (C=O) groups excluding carboxylic acids is 2. The van der Waals surface area contributed by atoms with Crippen LogP contribution in [-0.4, -0.2) is 37.7 Å². The zero-order valence-corrected chi connectivity index (χ0v) is 42.7. The predicted octanol–water partition coefficient (Wildman–Crippen LogP) is 18.1. The molecule has 0 saturated heterocycles. The highest BCUT2D eigenvalue weighted by Gasteiger charge is 2.12. The van der Waals surface area contributed by atoms with Crippen molar-refractivity contribution in [3.63, 3.8) is 0 Å². The van der Waals surface area contributed by atoms with Gasteiger partial charge in [-0.15, -0.1) is 0 Å². The maximum Gasteiger partial charge on any atom is 0.306 e. The van der Waals surface area contributed by atoms with Gasteiger partial charge in [-0.2, -0.15) is 0 Å². The summed E-state index contributed by atoms with van der Waals surface area (Å²) >= 11 is 0. The summed E-state index contributed by atoms with van der Waals surface area (Å²) in [5.41, 5.74) is 0. The molecule has 0 bridgehead atoms. The predicted molar refractivity (Wildman–Crippen MR) is 265 cm³/mol. The van der Waals surface area contributed by atoms with Crippen LogP contribution in [0.3, 0.4) is 0 Å². The van der Waals surface area contributed by atoms with Crippen molar-refractivity contribution < 1.29 is 19.1 Å². The van der Waals surface area contributed by atoms with E-state index in [-0.39, 0.29) is 18.2 Å². The summed E-state index contributed by atoms with van der Waals surface area (Å²) in [7, 11) is 0. The van der Waals surface area contributed by atoms with Gasteiger partial charge in [-0.1, -0.05) is 230 Å². The second-order valence-corrected chi connectivity index (χ2v) is 18.3. The number of nitrogens with one attached hydrogen (secondary N) is 1. The SMILES string of the molecule is CC(C)C(C)C.CCC.CCCCCCCCC(CCCCCCCC)OC=O.CCCCCCCCNCCCCCCCC(=O)OC(CC)CCCCCCCC. The Bertz CT molecular complexity index is 720. The minimum absolute atomic E-state index is 0.0217. The summed E-state index contributed by atoms with van der Waals surface area (Å²) in [6, 6.07) is 0. The molecule has 59 heavy (non-hydrogen) atoms. The van der Waals surface area contributed by atoms with Gasteiger partial charge in [0.15, 0.2) is 0 Å². The topological polar surface area (TPSA) is 64.6 Å². The molecule has 0 aliphatic rings. The minimum Gasteiger partial charge on any atom is -0.465 e. The van der Waals surface area contributed by atoms with Crippen molar-refractivity contribution in [1.82, 2.24) is 5.32 Å². The fraction of sp³-hybridized carbons (Fsp3) is 0.963. The number of hydrogen-bond donors (Lipinski definition) is 1. The lowest BCUT2D eigenvalue weighted by molar-refractivity contribution is -0.149. The summed E-state index contributed by atoms with van der Waals surface area (Å²) < 4.78 is 10.9. The van der Waals surface area contributed by atoms with Crippen LogP contribution in [0.5, 0.6) is 0 Å². The van der Waals surface area contributed by atoms with E-state index in [4.69, 9.17) is 9.47 Å². The van der Waals surface area contributed by atoms with Crippen molar-refractivity contribution in [2.75, 3.05) is 13.1 Å². The molecule has 5 nitrogen and oxygen atoms in total. The molecule has 0 spiro atoms. The first-order valence-corrected chi connectivity index (χ1v) is 26.6.